The zero-order valence-electron chi connectivity index (χ0n) is 11.1. The average molecular weight is 243 g/mol. The minimum absolute atomic E-state index is 0.138. The molecule has 0 amide bonds. The fourth-order valence-corrected chi connectivity index (χ4v) is 2.61. The number of para-hydroxylation sites is 1. The summed E-state index contributed by atoms with van der Waals surface area (Å²) in [6.07, 6.45) is 5.27. The van der Waals surface area contributed by atoms with Crippen LogP contribution in [0.4, 0.5) is 0 Å². The van der Waals surface area contributed by atoms with Gasteiger partial charge in [0.15, 0.2) is 0 Å². The van der Waals surface area contributed by atoms with Crippen LogP contribution < -0.4 is 4.74 Å². The lowest BCUT2D eigenvalue weighted by molar-refractivity contribution is 0.169. The van der Waals surface area contributed by atoms with Crippen LogP contribution in [0.2, 0.25) is 0 Å². The standard InChI is InChI=1S/C16H21NO/c1-14-7-9-16(13-17,10-8-14)11-12-18-15-5-3-2-4-6-15/h2-6,14H,7-12H2,1H3. The van der Waals surface area contributed by atoms with E-state index >= 15 is 0 Å². The Morgan fingerprint density at radius 1 is 1.28 bits per heavy atom. The van der Waals surface area contributed by atoms with Crippen LogP contribution in [0, 0.1) is 22.7 Å². The lowest BCUT2D eigenvalue weighted by Crippen LogP contribution is -2.27. The van der Waals surface area contributed by atoms with Gasteiger partial charge in [0.2, 0.25) is 0 Å². The van der Waals surface area contributed by atoms with Crippen molar-refractivity contribution in [2.24, 2.45) is 11.3 Å². The zero-order chi connectivity index (χ0) is 12.8. The van der Waals surface area contributed by atoms with Crippen LogP contribution in [0.15, 0.2) is 30.3 Å². The van der Waals surface area contributed by atoms with Gasteiger partial charge in [-0.2, -0.15) is 5.26 Å². The van der Waals surface area contributed by atoms with E-state index in [1.165, 1.54) is 12.8 Å². The van der Waals surface area contributed by atoms with E-state index in [2.05, 4.69) is 13.0 Å². The normalized spacial score (nSPS) is 27.4. The molecule has 1 aliphatic rings. The second-order valence-electron chi connectivity index (χ2n) is 5.49. The lowest BCUT2D eigenvalue weighted by Gasteiger charge is -2.33. The number of nitriles is 1. The Kier molecular flexibility index (Phi) is 4.25. The van der Waals surface area contributed by atoms with E-state index in [1.54, 1.807) is 0 Å². The van der Waals surface area contributed by atoms with Gasteiger partial charge in [0.25, 0.3) is 0 Å². The zero-order valence-corrected chi connectivity index (χ0v) is 11.1. The van der Waals surface area contributed by atoms with Crippen molar-refractivity contribution in [3.8, 4) is 11.8 Å². The molecule has 0 heterocycles. The molecule has 0 aliphatic heterocycles. The molecule has 2 nitrogen and oxygen atoms in total. The van der Waals surface area contributed by atoms with Crippen LogP contribution in [0.1, 0.15) is 39.0 Å². The Morgan fingerprint density at radius 3 is 2.56 bits per heavy atom. The predicted molar refractivity (Wildman–Crippen MR) is 72.2 cm³/mol. The third kappa shape index (κ3) is 3.26. The number of hydrogen-bond donors (Lipinski definition) is 0. The minimum atomic E-state index is -0.138. The SMILES string of the molecule is CC1CCC(C#N)(CCOc2ccccc2)CC1. The molecule has 1 aromatic carbocycles. The summed E-state index contributed by atoms with van der Waals surface area (Å²) in [7, 11) is 0. The molecule has 96 valence electrons. The summed E-state index contributed by atoms with van der Waals surface area (Å²) in [5.74, 6) is 1.68. The maximum Gasteiger partial charge on any atom is 0.119 e. The van der Waals surface area contributed by atoms with Gasteiger partial charge >= 0.3 is 0 Å². The average Bonchev–Trinajstić information content (AvgIpc) is 2.43. The molecule has 1 aromatic rings. The highest BCUT2D eigenvalue weighted by Crippen LogP contribution is 2.40. The van der Waals surface area contributed by atoms with E-state index in [0.717, 1.165) is 30.9 Å². The molecular weight excluding hydrogens is 222 g/mol. The largest absolute Gasteiger partial charge is 0.494 e. The van der Waals surface area contributed by atoms with Gasteiger partial charge in [-0.25, -0.2) is 0 Å². The molecular formula is C16H21NO. The quantitative estimate of drug-likeness (QED) is 0.795. The van der Waals surface area contributed by atoms with Crippen LogP contribution in [-0.4, -0.2) is 6.61 Å². The van der Waals surface area contributed by atoms with Crippen molar-refractivity contribution < 1.29 is 4.74 Å². The van der Waals surface area contributed by atoms with Crippen LogP contribution in [0.25, 0.3) is 0 Å². The third-order valence-corrected chi connectivity index (χ3v) is 4.06. The first kappa shape index (κ1) is 13.0. The van der Waals surface area contributed by atoms with Gasteiger partial charge in [-0.1, -0.05) is 25.1 Å². The summed E-state index contributed by atoms with van der Waals surface area (Å²) < 4.78 is 5.71. The summed E-state index contributed by atoms with van der Waals surface area (Å²) >= 11 is 0. The van der Waals surface area contributed by atoms with Gasteiger partial charge in [-0.05, 0) is 43.7 Å². The van der Waals surface area contributed by atoms with Gasteiger partial charge in [0.05, 0.1) is 18.1 Å². The van der Waals surface area contributed by atoms with E-state index < -0.39 is 0 Å². The maximum atomic E-state index is 9.42. The second kappa shape index (κ2) is 5.91. The van der Waals surface area contributed by atoms with E-state index in [1.807, 2.05) is 30.3 Å². The molecule has 2 heteroatoms. The van der Waals surface area contributed by atoms with Crippen molar-refractivity contribution in [3.05, 3.63) is 30.3 Å². The summed E-state index contributed by atoms with van der Waals surface area (Å²) in [6, 6.07) is 12.4. The first-order valence-electron chi connectivity index (χ1n) is 6.83. The van der Waals surface area contributed by atoms with E-state index in [0.29, 0.717) is 6.61 Å². The van der Waals surface area contributed by atoms with E-state index in [-0.39, 0.29) is 5.41 Å². The van der Waals surface area contributed by atoms with Gasteiger partial charge in [0.1, 0.15) is 5.75 Å². The molecule has 1 aliphatic carbocycles. The number of benzene rings is 1. The fraction of sp³-hybridized carbons (Fsp3) is 0.562. The molecule has 2 rings (SSSR count). The molecule has 18 heavy (non-hydrogen) atoms. The molecule has 0 saturated heterocycles. The van der Waals surface area contributed by atoms with Gasteiger partial charge in [0, 0.05) is 6.42 Å². The summed E-state index contributed by atoms with van der Waals surface area (Å²) in [6.45, 7) is 2.92. The molecule has 0 bridgehead atoms. The molecule has 1 saturated carbocycles. The van der Waals surface area contributed by atoms with Gasteiger partial charge < -0.3 is 4.74 Å². The molecule has 0 aromatic heterocycles. The number of hydrogen-bond acceptors (Lipinski definition) is 2. The topological polar surface area (TPSA) is 33.0 Å². The molecule has 1 fully saturated rings. The van der Waals surface area contributed by atoms with Gasteiger partial charge in [-0.15, -0.1) is 0 Å². The number of nitrogens with zero attached hydrogens (tertiary/aromatic N) is 1. The van der Waals surface area contributed by atoms with Crippen LogP contribution >= 0.6 is 0 Å². The van der Waals surface area contributed by atoms with E-state index in [9.17, 15) is 5.26 Å². The molecule has 0 radical (unpaired) electrons. The molecule has 0 N–H and O–H groups in total. The van der Waals surface area contributed by atoms with Crippen LogP contribution in [0.3, 0.4) is 0 Å². The number of rotatable bonds is 4. The van der Waals surface area contributed by atoms with Crippen molar-refractivity contribution in [1.82, 2.24) is 0 Å². The second-order valence-corrected chi connectivity index (χ2v) is 5.49. The van der Waals surface area contributed by atoms with Crippen molar-refractivity contribution in [1.29, 1.82) is 5.26 Å². The summed E-state index contributed by atoms with van der Waals surface area (Å²) in [5, 5.41) is 9.42. The fourth-order valence-electron chi connectivity index (χ4n) is 2.61. The Bertz CT molecular complexity index is 399. The minimum Gasteiger partial charge on any atom is -0.494 e. The molecule has 0 atom stereocenters. The lowest BCUT2D eigenvalue weighted by atomic mass is 9.70. The van der Waals surface area contributed by atoms with E-state index in [4.69, 9.17) is 4.74 Å². The first-order valence-corrected chi connectivity index (χ1v) is 6.83. The smallest absolute Gasteiger partial charge is 0.119 e. The van der Waals surface area contributed by atoms with Crippen molar-refractivity contribution in [2.45, 2.75) is 39.0 Å². The van der Waals surface area contributed by atoms with Crippen molar-refractivity contribution in [3.63, 3.8) is 0 Å². The molecule has 0 unspecified atom stereocenters. The Balaban J connectivity index is 1.83. The van der Waals surface area contributed by atoms with Crippen molar-refractivity contribution in [2.75, 3.05) is 6.61 Å². The third-order valence-electron chi connectivity index (χ3n) is 4.06. The van der Waals surface area contributed by atoms with Crippen LogP contribution in [-0.2, 0) is 0 Å². The highest BCUT2D eigenvalue weighted by Gasteiger charge is 2.34. The Labute approximate surface area is 110 Å². The maximum absolute atomic E-state index is 9.42. The Hall–Kier alpha value is -1.49. The highest BCUT2D eigenvalue weighted by atomic mass is 16.5. The monoisotopic (exact) mass is 243 g/mol. The van der Waals surface area contributed by atoms with Crippen molar-refractivity contribution >= 4 is 0 Å². The Morgan fingerprint density at radius 2 is 1.94 bits per heavy atom. The van der Waals surface area contributed by atoms with Crippen LogP contribution in [0.5, 0.6) is 5.75 Å². The highest BCUT2D eigenvalue weighted by molar-refractivity contribution is 5.20. The number of ether oxygens (including phenoxy) is 1. The summed E-state index contributed by atoms with van der Waals surface area (Å²) in [4.78, 5) is 0. The van der Waals surface area contributed by atoms with Gasteiger partial charge in [-0.3, -0.25) is 0 Å². The first-order chi connectivity index (χ1) is 8.74. The molecule has 0 spiro atoms. The summed E-state index contributed by atoms with van der Waals surface area (Å²) in [5.41, 5.74) is -0.138. The predicted octanol–water partition coefficient (Wildman–Crippen LogP) is 4.18.